The van der Waals surface area contributed by atoms with Crippen LogP contribution in [-0.2, 0) is 0 Å². The van der Waals surface area contributed by atoms with Gasteiger partial charge in [0.2, 0.25) is 0 Å². The van der Waals surface area contributed by atoms with E-state index in [2.05, 4.69) is 59.4 Å². The molecule has 0 amide bonds. The molecule has 0 radical (unpaired) electrons. The van der Waals surface area contributed by atoms with Gasteiger partial charge in [-0.15, -0.1) is 0 Å². The Morgan fingerprint density at radius 1 is 1.11 bits per heavy atom. The summed E-state index contributed by atoms with van der Waals surface area (Å²) in [6.45, 7) is 8.79. The Hall–Kier alpha value is -1.61. The molecular formula is C16H23N3. The molecule has 0 unspecified atom stereocenters. The van der Waals surface area contributed by atoms with Crippen LogP contribution in [-0.4, -0.2) is 36.1 Å². The van der Waals surface area contributed by atoms with Crippen molar-refractivity contribution in [3.05, 3.63) is 36.5 Å². The normalized spacial score (nSPS) is 11.1. The summed E-state index contributed by atoms with van der Waals surface area (Å²) in [5.74, 6) is 0.998. The summed E-state index contributed by atoms with van der Waals surface area (Å²) in [7, 11) is 0. The molecule has 1 heterocycles. The van der Waals surface area contributed by atoms with Crippen LogP contribution >= 0.6 is 0 Å². The van der Waals surface area contributed by atoms with Crippen molar-refractivity contribution >= 4 is 16.6 Å². The minimum Gasteiger partial charge on any atom is -0.370 e. The van der Waals surface area contributed by atoms with Crippen LogP contribution in [0.1, 0.15) is 20.3 Å². The molecule has 2 rings (SSSR count). The number of fused-ring (bicyclic) bond motifs is 1. The van der Waals surface area contributed by atoms with E-state index in [1.165, 1.54) is 10.8 Å². The molecule has 3 nitrogen and oxygen atoms in total. The van der Waals surface area contributed by atoms with Crippen molar-refractivity contribution < 1.29 is 0 Å². The lowest BCUT2D eigenvalue weighted by Gasteiger charge is -2.18. The predicted molar refractivity (Wildman–Crippen MR) is 82.6 cm³/mol. The highest BCUT2D eigenvalue weighted by Crippen LogP contribution is 2.20. The Kier molecular flexibility index (Phi) is 5.16. The fraction of sp³-hybridized carbons (Fsp3) is 0.438. The quantitative estimate of drug-likeness (QED) is 0.771. The Morgan fingerprint density at radius 3 is 2.68 bits per heavy atom. The fourth-order valence-electron chi connectivity index (χ4n) is 2.31. The van der Waals surface area contributed by atoms with Gasteiger partial charge in [0.15, 0.2) is 0 Å². The minimum absolute atomic E-state index is 0.970. The van der Waals surface area contributed by atoms with Crippen molar-refractivity contribution in [2.75, 3.05) is 31.5 Å². The van der Waals surface area contributed by atoms with Crippen molar-refractivity contribution in [3.8, 4) is 0 Å². The van der Waals surface area contributed by atoms with E-state index in [9.17, 15) is 0 Å². The fourth-order valence-corrected chi connectivity index (χ4v) is 2.31. The van der Waals surface area contributed by atoms with Crippen LogP contribution in [0.5, 0.6) is 0 Å². The highest BCUT2D eigenvalue weighted by Gasteiger charge is 2.02. The number of nitrogens with one attached hydrogen (secondary N) is 1. The first kappa shape index (κ1) is 13.8. The Balaban J connectivity index is 1.91. The highest BCUT2D eigenvalue weighted by molar-refractivity contribution is 5.91. The van der Waals surface area contributed by atoms with E-state index in [-0.39, 0.29) is 0 Å². The molecule has 0 aliphatic heterocycles. The first-order valence-electron chi connectivity index (χ1n) is 7.15. The van der Waals surface area contributed by atoms with Gasteiger partial charge in [-0.25, -0.2) is 4.98 Å². The average molecular weight is 257 g/mol. The summed E-state index contributed by atoms with van der Waals surface area (Å²) in [5.41, 5.74) is 0. The SMILES string of the molecule is CCN(CC)CCCNc1nccc2ccccc12. The molecule has 0 aliphatic rings. The molecule has 0 bridgehead atoms. The summed E-state index contributed by atoms with van der Waals surface area (Å²) < 4.78 is 0. The first-order chi connectivity index (χ1) is 9.35. The number of benzene rings is 1. The van der Waals surface area contributed by atoms with Crippen LogP contribution in [0, 0.1) is 0 Å². The molecule has 1 aromatic carbocycles. The minimum atomic E-state index is 0.970. The lowest BCUT2D eigenvalue weighted by molar-refractivity contribution is 0.303. The monoisotopic (exact) mass is 257 g/mol. The average Bonchev–Trinajstić information content (AvgIpc) is 2.47. The third-order valence-electron chi connectivity index (χ3n) is 3.51. The molecule has 0 atom stereocenters. The summed E-state index contributed by atoms with van der Waals surface area (Å²) in [5, 5.41) is 5.89. The molecule has 102 valence electrons. The molecule has 1 aromatic heterocycles. The number of nitrogens with zero attached hydrogens (tertiary/aromatic N) is 2. The van der Waals surface area contributed by atoms with E-state index in [4.69, 9.17) is 0 Å². The molecule has 0 aliphatic carbocycles. The summed E-state index contributed by atoms with van der Waals surface area (Å²) in [4.78, 5) is 6.88. The maximum absolute atomic E-state index is 4.44. The van der Waals surface area contributed by atoms with E-state index in [0.29, 0.717) is 0 Å². The van der Waals surface area contributed by atoms with Gasteiger partial charge >= 0.3 is 0 Å². The van der Waals surface area contributed by atoms with Gasteiger partial charge in [0.05, 0.1) is 0 Å². The van der Waals surface area contributed by atoms with E-state index in [1.807, 2.05) is 6.20 Å². The molecule has 1 N–H and O–H groups in total. The zero-order chi connectivity index (χ0) is 13.5. The highest BCUT2D eigenvalue weighted by atomic mass is 15.1. The van der Waals surface area contributed by atoms with Gasteiger partial charge in [0, 0.05) is 18.1 Å². The van der Waals surface area contributed by atoms with Crippen LogP contribution < -0.4 is 5.32 Å². The van der Waals surface area contributed by atoms with E-state index < -0.39 is 0 Å². The lowest BCUT2D eigenvalue weighted by Crippen LogP contribution is -2.25. The number of hydrogen-bond donors (Lipinski definition) is 1. The number of pyridine rings is 1. The molecular weight excluding hydrogens is 234 g/mol. The molecule has 2 aromatic rings. The number of rotatable bonds is 7. The Morgan fingerprint density at radius 2 is 1.89 bits per heavy atom. The maximum atomic E-state index is 4.44. The standard InChI is InChI=1S/C16H23N3/c1-3-19(4-2)13-7-11-17-16-15-9-6-5-8-14(15)10-12-18-16/h5-6,8-10,12H,3-4,7,11,13H2,1-2H3,(H,17,18). The second-order valence-electron chi connectivity index (χ2n) is 4.69. The van der Waals surface area contributed by atoms with Gasteiger partial charge in [0.25, 0.3) is 0 Å². The summed E-state index contributed by atoms with van der Waals surface area (Å²) in [6.07, 6.45) is 3.02. The van der Waals surface area contributed by atoms with Crippen LogP contribution in [0.3, 0.4) is 0 Å². The van der Waals surface area contributed by atoms with Crippen molar-refractivity contribution in [3.63, 3.8) is 0 Å². The summed E-state index contributed by atoms with van der Waals surface area (Å²) >= 11 is 0. The second kappa shape index (κ2) is 7.10. The maximum Gasteiger partial charge on any atom is 0.133 e. The van der Waals surface area contributed by atoms with Gasteiger partial charge in [0.1, 0.15) is 5.82 Å². The molecule has 3 heteroatoms. The van der Waals surface area contributed by atoms with Gasteiger partial charge < -0.3 is 10.2 Å². The molecule has 0 saturated carbocycles. The number of hydrogen-bond acceptors (Lipinski definition) is 3. The van der Waals surface area contributed by atoms with E-state index in [0.717, 1.165) is 38.4 Å². The van der Waals surface area contributed by atoms with Crippen molar-refractivity contribution in [2.45, 2.75) is 20.3 Å². The van der Waals surface area contributed by atoms with Crippen molar-refractivity contribution in [2.24, 2.45) is 0 Å². The van der Waals surface area contributed by atoms with E-state index in [1.54, 1.807) is 0 Å². The smallest absolute Gasteiger partial charge is 0.133 e. The second-order valence-corrected chi connectivity index (χ2v) is 4.69. The first-order valence-corrected chi connectivity index (χ1v) is 7.15. The molecule has 0 spiro atoms. The molecule has 0 fully saturated rings. The van der Waals surface area contributed by atoms with Crippen LogP contribution in [0.25, 0.3) is 10.8 Å². The van der Waals surface area contributed by atoms with Crippen LogP contribution in [0.2, 0.25) is 0 Å². The third kappa shape index (κ3) is 3.67. The molecule has 19 heavy (non-hydrogen) atoms. The van der Waals surface area contributed by atoms with Crippen LogP contribution in [0.15, 0.2) is 36.5 Å². The topological polar surface area (TPSA) is 28.2 Å². The van der Waals surface area contributed by atoms with Crippen molar-refractivity contribution in [1.82, 2.24) is 9.88 Å². The Labute approximate surface area is 115 Å². The largest absolute Gasteiger partial charge is 0.370 e. The molecule has 0 saturated heterocycles. The number of aromatic nitrogens is 1. The van der Waals surface area contributed by atoms with Gasteiger partial charge in [-0.1, -0.05) is 38.1 Å². The predicted octanol–water partition coefficient (Wildman–Crippen LogP) is 3.38. The van der Waals surface area contributed by atoms with Crippen molar-refractivity contribution in [1.29, 1.82) is 0 Å². The van der Waals surface area contributed by atoms with Gasteiger partial charge in [-0.2, -0.15) is 0 Å². The van der Waals surface area contributed by atoms with Crippen LogP contribution in [0.4, 0.5) is 5.82 Å². The van der Waals surface area contributed by atoms with Gasteiger partial charge in [-0.3, -0.25) is 0 Å². The van der Waals surface area contributed by atoms with E-state index >= 15 is 0 Å². The number of anilines is 1. The Bertz CT molecular complexity index is 501. The zero-order valence-corrected chi connectivity index (χ0v) is 11.9. The summed E-state index contributed by atoms with van der Waals surface area (Å²) in [6, 6.07) is 10.4. The lowest BCUT2D eigenvalue weighted by atomic mass is 10.1. The van der Waals surface area contributed by atoms with Gasteiger partial charge in [-0.05, 0) is 37.5 Å². The zero-order valence-electron chi connectivity index (χ0n) is 11.9. The third-order valence-corrected chi connectivity index (χ3v) is 3.51.